The fraction of sp³-hybridized carbons (Fsp3) is 0.212. The summed E-state index contributed by atoms with van der Waals surface area (Å²) >= 11 is 0. The molecule has 0 aliphatic heterocycles. The Morgan fingerprint density at radius 2 is 1.39 bits per heavy atom. The third-order valence-electron chi connectivity index (χ3n) is 7.25. The monoisotopic (exact) mass is 670 g/mol. The number of nitrogens with two attached hydrogens (primary N) is 2. The zero-order valence-electron chi connectivity index (χ0n) is 27.3. The molecule has 11 N–H and O–H groups in total. The van der Waals surface area contributed by atoms with E-state index >= 15 is 4.39 Å². The minimum absolute atomic E-state index is 0.0196. The van der Waals surface area contributed by atoms with E-state index in [0.29, 0.717) is 33.5 Å². The van der Waals surface area contributed by atoms with Crippen LogP contribution in [-0.2, 0) is 0 Å². The number of aromatic hydroxyl groups is 1. The van der Waals surface area contributed by atoms with Crippen LogP contribution in [0.1, 0.15) is 57.1 Å². The van der Waals surface area contributed by atoms with Gasteiger partial charge in [-0.25, -0.2) is 28.7 Å². The number of phenolic OH excluding ortho intramolecular Hbond substituents is 1. The van der Waals surface area contributed by atoms with E-state index in [0.717, 1.165) is 0 Å². The lowest BCUT2D eigenvalue weighted by atomic mass is 10.1. The Morgan fingerprint density at radius 3 is 2.00 bits per heavy atom. The summed E-state index contributed by atoms with van der Waals surface area (Å²) in [5, 5.41) is 34.2. The van der Waals surface area contributed by atoms with Crippen LogP contribution in [0.15, 0.2) is 49.1 Å². The predicted octanol–water partition coefficient (Wildman–Crippen LogP) is 5.89. The van der Waals surface area contributed by atoms with Crippen molar-refractivity contribution in [2.75, 3.05) is 22.1 Å². The van der Waals surface area contributed by atoms with Crippen molar-refractivity contribution in [2.24, 2.45) is 0 Å². The second-order valence-electron chi connectivity index (χ2n) is 11.0. The molecular weight excluding hydrogens is 634 g/mol. The fourth-order valence-corrected chi connectivity index (χ4v) is 5.12. The summed E-state index contributed by atoms with van der Waals surface area (Å²) in [6.45, 7) is 9.46. The smallest absolute Gasteiger partial charge is 0.174 e. The number of hydrogen-bond donors (Lipinski definition) is 9. The van der Waals surface area contributed by atoms with E-state index in [1.807, 2.05) is 27.7 Å². The number of aromatic amines is 2. The van der Waals surface area contributed by atoms with Crippen molar-refractivity contribution in [3.8, 4) is 11.5 Å². The summed E-state index contributed by atoms with van der Waals surface area (Å²) in [6, 6.07) is 8.50. The van der Waals surface area contributed by atoms with Gasteiger partial charge in [-0.2, -0.15) is 0 Å². The number of phenols is 1. The van der Waals surface area contributed by atoms with Gasteiger partial charge < -0.3 is 41.9 Å². The Labute approximate surface area is 279 Å². The van der Waals surface area contributed by atoms with E-state index in [1.54, 1.807) is 13.0 Å². The molecule has 0 saturated carbocycles. The number of fused-ring (bicyclic) bond motifs is 2. The highest BCUT2D eigenvalue weighted by Crippen LogP contribution is 2.31. The van der Waals surface area contributed by atoms with Gasteiger partial charge in [0.15, 0.2) is 29.4 Å². The summed E-state index contributed by atoms with van der Waals surface area (Å²) in [6.07, 6.45) is 1.62. The van der Waals surface area contributed by atoms with Crippen LogP contribution >= 0.6 is 0 Å². The van der Waals surface area contributed by atoms with Crippen LogP contribution in [-0.4, -0.2) is 58.7 Å². The highest BCUT2D eigenvalue weighted by molar-refractivity contribution is 6.17. The fourth-order valence-electron chi connectivity index (χ4n) is 5.12. The van der Waals surface area contributed by atoms with E-state index in [4.69, 9.17) is 27.0 Å². The Hall–Kier alpha value is -6.32. The van der Waals surface area contributed by atoms with Gasteiger partial charge in [-0.1, -0.05) is 13.8 Å². The van der Waals surface area contributed by atoms with Crippen LogP contribution in [0.25, 0.3) is 21.8 Å². The van der Waals surface area contributed by atoms with Gasteiger partial charge in [0.05, 0.1) is 33.9 Å². The summed E-state index contributed by atoms with van der Waals surface area (Å²) in [4.78, 5) is 22.4. The molecule has 2 aromatic carbocycles. The minimum Gasteiger partial charge on any atom is -0.505 e. The maximum absolute atomic E-state index is 15.3. The number of aromatic nitrogens is 6. The SMILES string of the molecule is CC.CC(C)Nc1ncnc(N)c1C(=N)c1cc2cc(OC(C)Nc3ncnc(N)c3C(=N)c3cc4c(F)c(O)ccc4[nH]3)c(F)cc2[nH]1. The number of nitrogens with one attached hydrogen (secondary N) is 6. The van der Waals surface area contributed by atoms with E-state index in [9.17, 15) is 9.50 Å². The summed E-state index contributed by atoms with van der Waals surface area (Å²) < 4.78 is 35.6. The molecule has 0 saturated heterocycles. The molecule has 6 rings (SSSR count). The molecule has 254 valence electrons. The Kier molecular flexibility index (Phi) is 9.59. The zero-order valence-corrected chi connectivity index (χ0v) is 27.3. The van der Waals surface area contributed by atoms with Gasteiger partial charge in [0.2, 0.25) is 0 Å². The lowest BCUT2D eigenvalue weighted by Crippen LogP contribution is -2.25. The van der Waals surface area contributed by atoms with E-state index in [1.165, 1.54) is 43.0 Å². The van der Waals surface area contributed by atoms with Gasteiger partial charge in [0.1, 0.15) is 35.9 Å². The Balaban J connectivity index is 0.00000230. The second kappa shape index (κ2) is 13.8. The quantitative estimate of drug-likeness (QED) is 0.0618. The molecule has 0 aliphatic carbocycles. The van der Waals surface area contributed by atoms with Crippen LogP contribution in [0, 0.1) is 22.5 Å². The molecule has 0 bridgehead atoms. The maximum Gasteiger partial charge on any atom is 0.174 e. The maximum atomic E-state index is 15.3. The number of anilines is 4. The van der Waals surface area contributed by atoms with Crippen LogP contribution in [0.3, 0.4) is 0 Å². The number of halogens is 2. The highest BCUT2D eigenvalue weighted by Gasteiger charge is 2.23. The molecule has 0 amide bonds. The first-order chi connectivity index (χ1) is 23.4. The normalized spacial score (nSPS) is 11.7. The summed E-state index contributed by atoms with van der Waals surface area (Å²) in [7, 11) is 0. The van der Waals surface area contributed by atoms with Crippen molar-refractivity contribution in [2.45, 2.75) is 46.9 Å². The van der Waals surface area contributed by atoms with Crippen molar-refractivity contribution >= 4 is 56.5 Å². The molecule has 0 fully saturated rings. The van der Waals surface area contributed by atoms with Crippen molar-refractivity contribution in [1.29, 1.82) is 10.8 Å². The summed E-state index contributed by atoms with van der Waals surface area (Å²) in [5.41, 5.74) is 13.9. The van der Waals surface area contributed by atoms with E-state index in [-0.39, 0.29) is 57.3 Å². The zero-order chi connectivity index (χ0) is 35.6. The first kappa shape index (κ1) is 34.0. The van der Waals surface area contributed by atoms with Gasteiger partial charge in [0, 0.05) is 33.9 Å². The Morgan fingerprint density at radius 1 is 0.816 bits per heavy atom. The number of H-pyrrole nitrogens is 2. The summed E-state index contributed by atoms with van der Waals surface area (Å²) in [5.74, 6) is -1.51. The molecule has 49 heavy (non-hydrogen) atoms. The van der Waals surface area contributed by atoms with Crippen LogP contribution in [0.4, 0.5) is 32.1 Å². The van der Waals surface area contributed by atoms with E-state index < -0.39 is 23.6 Å². The molecule has 16 heteroatoms. The minimum atomic E-state index is -0.887. The van der Waals surface area contributed by atoms with Crippen molar-refractivity contribution < 1.29 is 18.6 Å². The lowest BCUT2D eigenvalue weighted by Gasteiger charge is -2.19. The second-order valence-corrected chi connectivity index (χ2v) is 11.0. The van der Waals surface area contributed by atoms with Gasteiger partial charge >= 0.3 is 0 Å². The van der Waals surface area contributed by atoms with Crippen LogP contribution < -0.4 is 26.8 Å². The molecule has 0 aliphatic rings. The van der Waals surface area contributed by atoms with Gasteiger partial charge in [0.25, 0.3) is 0 Å². The molecular formula is C33H36F2N12O2. The molecule has 1 unspecified atom stereocenters. The molecule has 14 nitrogen and oxygen atoms in total. The number of benzene rings is 2. The topological polar surface area (TPSA) is 236 Å². The Bertz CT molecular complexity index is 2190. The standard InChI is InChI=1S/C31H30F2N12O2.C2H6/c1-12(2)42-30-23(28(36)38-10-40-30)26(34)19-6-14-7-22(16(32)9-18(14)45-19)47-13(3)43-31-24(29(37)39-11-41-31)27(35)20-8-15-17(44-20)4-5-21(46)25(15)33;1-2/h4-13,34-35,44-46H,1-3H3,(H3,36,38,40,42)(H3,37,39,41,43);1-2H3. The van der Waals surface area contributed by atoms with E-state index in [2.05, 4.69) is 40.5 Å². The van der Waals surface area contributed by atoms with Crippen molar-refractivity contribution in [3.05, 3.63) is 83.2 Å². The third-order valence-corrected chi connectivity index (χ3v) is 7.25. The van der Waals surface area contributed by atoms with Gasteiger partial charge in [-0.05, 0) is 51.1 Å². The number of nitrogen functional groups attached to an aromatic ring is 2. The van der Waals surface area contributed by atoms with Crippen molar-refractivity contribution in [1.82, 2.24) is 29.9 Å². The van der Waals surface area contributed by atoms with Crippen LogP contribution in [0.2, 0.25) is 0 Å². The lowest BCUT2D eigenvalue weighted by molar-refractivity contribution is 0.239. The number of hydrogen-bond acceptors (Lipinski definition) is 12. The number of rotatable bonds is 10. The van der Waals surface area contributed by atoms with Gasteiger partial charge in [-0.3, -0.25) is 10.8 Å². The van der Waals surface area contributed by atoms with Crippen molar-refractivity contribution in [3.63, 3.8) is 0 Å². The van der Waals surface area contributed by atoms with Crippen LogP contribution in [0.5, 0.6) is 11.5 Å². The number of nitrogens with zero attached hydrogens (tertiary/aromatic N) is 4. The molecule has 4 aromatic heterocycles. The molecule has 0 spiro atoms. The predicted molar refractivity (Wildman–Crippen MR) is 187 cm³/mol. The average Bonchev–Trinajstić information content (AvgIpc) is 3.68. The first-order valence-corrected chi connectivity index (χ1v) is 15.3. The number of ether oxygens (including phenoxy) is 1. The molecule has 0 radical (unpaired) electrons. The molecule has 1 atom stereocenters. The first-order valence-electron chi connectivity index (χ1n) is 15.3. The average molecular weight is 671 g/mol. The largest absolute Gasteiger partial charge is 0.505 e. The molecule has 6 aromatic rings. The van der Waals surface area contributed by atoms with Gasteiger partial charge in [-0.15, -0.1) is 0 Å². The highest BCUT2D eigenvalue weighted by atomic mass is 19.1. The third kappa shape index (κ3) is 6.74. The molecule has 4 heterocycles.